The smallest absolute Gasteiger partial charge is 0.252 e. The van der Waals surface area contributed by atoms with Crippen LogP contribution in [-0.4, -0.2) is 43.6 Å². The van der Waals surface area contributed by atoms with E-state index in [0.717, 1.165) is 23.3 Å². The van der Waals surface area contributed by atoms with Crippen molar-refractivity contribution < 1.29 is 37.9 Å². The summed E-state index contributed by atoms with van der Waals surface area (Å²) >= 11 is 0. The Morgan fingerprint density at radius 1 is 1.05 bits per heavy atom. The Bertz CT molecular complexity index is 420. The highest BCUT2D eigenvalue weighted by molar-refractivity contribution is 5.21. The molecular formula is C17H26INO2. The van der Waals surface area contributed by atoms with Crippen LogP contribution in [0.25, 0.3) is 0 Å². The second-order valence-electron chi connectivity index (χ2n) is 6.37. The Morgan fingerprint density at radius 2 is 1.76 bits per heavy atom. The summed E-state index contributed by atoms with van der Waals surface area (Å²) in [7, 11) is 2.39. The second kappa shape index (κ2) is 7.79. The van der Waals surface area contributed by atoms with Gasteiger partial charge in [0.15, 0.2) is 6.04 Å². The first-order valence-corrected chi connectivity index (χ1v) is 7.95. The average Bonchev–Trinajstić information content (AvgIpc) is 2.49. The molecule has 1 aromatic carbocycles. The number of likely N-dealkylation sites (N-methyl/N-ethyl adjacent to an activating group) is 1. The molecule has 3 rings (SSSR count). The van der Waals surface area contributed by atoms with Crippen LogP contribution < -0.4 is 28.7 Å². The van der Waals surface area contributed by atoms with Gasteiger partial charge >= 0.3 is 0 Å². The monoisotopic (exact) mass is 403 g/mol. The summed E-state index contributed by atoms with van der Waals surface area (Å²) in [5, 5.41) is 0. The van der Waals surface area contributed by atoms with E-state index in [1.165, 1.54) is 38.8 Å². The third-order valence-corrected chi connectivity index (χ3v) is 4.87. The first kappa shape index (κ1) is 17.0. The quantitative estimate of drug-likeness (QED) is 0.531. The Morgan fingerprint density at radius 3 is 2.48 bits per heavy atom. The van der Waals surface area contributed by atoms with E-state index < -0.39 is 0 Å². The van der Waals surface area contributed by atoms with Crippen molar-refractivity contribution >= 4 is 0 Å². The van der Waals surface area contributed by atoms with Gasteiger partial charge in [-0.3, -0.25) is 0 Å². The van der Waals surface area contributed by atoms with Crippen LogP contribution in [-0.2, 0) is 4.74 Å². The maximum atomic E-state index is 6.15. The molecule has 2 saturated heterocycles. The van der Waals surface area contributed by atoms with Gasteiger partial charge in [0.25, 0.3) is 6.29 Å². The van der Waals surface area contributed by atoms with Crippen LogP contribution in [0.4, 0.5) is 0 Å². The van der Waals surface area contributed by atoms with Crippen LogP contribution in [0.3, 0.4) is 0 Å². The second-order valence-corrected chi connectivity index (χ2v) is 6.37. The number of rotatable bonds is 3. The molecule has 2 aliphatic heterocycles. The minimum Gasteiger partial charge on any atom is -1.00 e. The van der Waals surface area contributed by atoms with Gasteiger partial charge in [-0.25, -0.2) is 0 Å². The zero-order valence-corrected chi connectivity index (χ0v) is 15.0. The third kappa shape index (κ3) is 4.11. The van der Waals surface area contributed by atoms with Crippen molar-refractivity contribution in [1.29, 1.82) is 0 Å². The number of ether oxygens (including phenoxy) is 2. The van der Waals surface area contributed by atoms with Crippen molar-refractivity contribution in [2.75, 3.05) is 26.7 Å². The van der Waals surface area contributed by atoms with Crippen molar-refractivity contribution in [2.45, 2.75) is 44.4 Å². The molecule has 0 amide bonds. The van der Waals surface area contributed by atoms with Gasteiger partial charge in [0.05, 0.1) is 26.7 Å². The van der Waals surface area contributed by atoms with E-state index in [0.29, 0.717) is 6.04 Å². The van der Waals surface area contributed by atoms with Gasteiger partial charge in [-0.1, -0.05) is 18.2 Å². The van der Waals surface area contributed by atoms with Gasteiger partial charge < -0.3 is 37.9 Å². The maximum Gasteiger partial charge on any atom is 0.252 e. The van der Waals surface area contributed by atoms with E-state index in [9.17, 15) is 0 Å². The fraction of sp³-hybridized carbons (Fsp3) is 0.647. The lowest BCUT2D eigenvalue weighted by Gasteiger charge is -2.47. The van der Waals surface area contributed by atoms with Crippen molar-refractivity contribution in [2.24, 2.45) is 0 Å². The third-order valence-electron chi connectivity index (χ3n) is 4.87. The van der Waals surface area contributed by atoms with Crippen LogP contribution in [0.15, 0.2) is 30.3 Å². The number of likely N-dealkylation sites (tertiary alicyclic amines) is 1. The highest BCUT2D eigenvalue weighted by atomic mass is 127. The number of hydrogen-bond acceptors (Lipinski definition) is 2. The lowest BCUT2D eigenvalue weighted by atomic mass is 9.99. The number of nitrogens with zero attached hydrogens (tertiary/aromatic N) is 1. The van der Waals surface area contributed by atoms with E-state index in [4.69, 9.17) is 9.47 Å². The van der Waals surface area contributed by atoms with Crippen molar-refractivity contribution in [3.05, 3.63) is 30.3 Å². The molecule has 1 aromatic rings. The minimum absolute atomic E-state index is 0. The fourth-order valence-electron chi connectivity index (χ4n) is 3.66. The number of benzene rings is 1. The molecule has 0 saturated carbocycles. The van der Waals surface area contributed by atoms with E-state index in [1.807, 2.05) is 30.3 Å². The summed E-state index contributed by atoms with van der Waals surface area (Å²) < 4.78 is 13.2. The van der Waals surface area contributed by atoms with Gasteiger partial charge in [0.1, 0.15) is 5.75 Å². The molecule has 0 radical (unpaired) electrons. The van der Waals surface area contributed by atoms with Crippen LogP contribution >= 0.6 is 0 Å². The number of quaternary nitrogens is 1. The highest BCUT2D eigenvalue weighted by Crippen LogP contribution is 2.30. The Kier molecular flexibility index (Phi) is 6.32. The Labute approximate surface area is 145 Å². The topological polar surface area (TPSA) is 18.5 Å². The van der Waals surface area contributed by atoms with E-state index >= 15 is 0 Å². The number of halogens is 1. The number of para-hydroxylation sites is 1. The number of piperidine rings is 1. The summed E-state index contributed by atoms with van der Waals surface area (Å²) in [5.74, 6) is 0.924. The molecule has 0 N–H and O–H groups in total. The lowest BCUT2D eigenvalue weighted by molar-refractivity contribution is -0.944. The molecule has 2 aliphatic rings. The Balaban J connectivity index is 0.00000161. The minimum atomic E-state index is -0.0887. The van der Waals surface area contributed by atoms with Gasteiger partial charge in [-0.15, -0.1) is 0 Å². The summed E-state index contributed by atoms with van der Waals surface area (Å²) in [4.78, 5) is 0. The zero-order chi connectivity index (χ0) is 13.8. The van der Waals surface area contributed by atoms with E-state index in [-0.39, 0.29) is 30.3 Å². The summed E-state index contributed by atoms with van der Waals surface area (Å²) in [6, 6.07) is 10.6. The molecule has 0 unspecified atom stereocenters. The molecule has 4 heteroatoms. The standard InChI is InChI=1S/C17H26NO2.HI/c1-18(12-6-3-7-13-18)16-11-8-14-19-17(16)20-15-9-4-2-5-10-15;/h2,4-5,9-10,16-17H,3,6-8,11-14H2,1H3;1H/q+1;/p-1/t16-,17-;/m0./s1. The van der Waals surface area contributed by atoms with Crippen molar-refractivity contribution in [1.82, 2.24) is 0 Å². The molecule has 0 bridgehead atoms. The first-order chi connectivity index (χ1) is 9.78. The van der Waals surface area contributed by atoms with Gasteiger partial charge in [0.2, 0.25) is 0 Å². The summed E-state index contributed by atoms with van der Waals surface area (Å²) in [6.07, 6.45) is 6.34. The summed E-state index contributed by atoms with van der Waals surface area (Å²) in [6.45, 7) is 3.36. The normalized spacial score (nSPS) is 28.4. The molecule has 21 heavy (non-hydrogen) atoms. The predicted octanol–water partition coefficient (Wildman–Crippen LogP) is 0.205. The fourth-order valence-corrected chi connectivity index (χ4v) is 3.66. The molecule has 0 spiro atoms. The molecule has 0 aromatic heterocycles. The zero-order valence-electron chi connectivity index (χ0n) is 12.8. The molecule has 2 atom stereocenters. The van der Waals surface area contributed by atoms with Gasteiger partial charge in [0, 0.05) is 6.42 Å². The molecule has 2 fully saturated rings. The van der Waals surface area contributed by atoms with Crippen LogP contribution in [0.1, 0.15) is 32.1 Å². The highest BCUT2D eigenvalue weighted by Gasteiger charge is 2.43. The van der Waals surface area contributed by atoms with Crippen molar-refractivity contribution in [3.63, 3.8) is 0 Å². The van der Waals surface area contributed by atoms with E-state index in [2.05, 4.69) is 7.05 Å². The largest absolute Gasteiger partial charge is 1.00 e. The average molecular weight is 403 g/mol. The van der Waals surface area contributed by atoms with E-state index in [1.54, 1.807) is 0 Å². The van der Waals surface area contributed by atoms with Crippen molar-refractivity contribution in [3.8, 4) is 5.75 Å². The summed E-state index contributed by atoms with van der Waals surface area (Å²) in [5.41, 5.74) is 0. The predicted molar refractivity (Wildman–Crippen MR) is 79.6 cm³/mol. The van der Waals surface area contributed by atoms with Gasteiger partial charge in [-0.05, 0) is 37.8 Å². The maximum absolute atomic E-state index is 6.15. The molecule has 3 nitrogen and oxygen atoms in total. The van der Waals surface area contributed by atoms with Crippen LogP contribution in [0.2, 0.25) is 0 Å². The molecule has 2 heterocycles. The van der Waals surface area contributed by atoms with Crippen LogP contribution in [0, 0.1) is 0 Å². The van der Waals surface area contributed by atoms with Crippen LogP contribution in [0.5, 0.6) is 5.75 Å². The molecule has 0 aliphatic carbocycles. The SMILES string of the molecule is C[N+]1([C@H]2CCCO[C@H]2Oc2ccccc2)CCCCC1.[I-]. The molecule has 118 valence electrons. The first-order valence-electron chi connectivity index (χ1n) is 7.95. The van der Waals surface area contributed by atoms with Gasteiger partial charge in [-0.2, -0.15) is 0 Å². The lowest BCUT2D eigenvalue weighted by Crippen LogP contribution is -3.00. The Hall–Kier alpha value is -0.330. The molecular weight excluding hydrogens is 377 g/mol. The number of hydrogen-bond donors (Lipinski definition) is 0.